The van der Waals surface area contributed by atoms with Gasteiger partial charge < -0.3 is 14.2 Å². The molecule has 2 atom stereocenters. The molecule has 0 unspecified atom stereocenters. The molecular formula is C19H22N2O6. The number of methoxy groups -OCH3 is 1. The van der Waals surface area contributed by atoms with Crippen molar-refractivity contribution < 1.29 is 28.6 Å². The second-order valence-corrected chi connectivity index (χ2v) is 7.25. The van der Waals surface area contributed by atoms with Crippen LogP contribution in [0.2, 0.25) is 0 Å². The number of ether oxygens (including phenoxy) is 3. The number of anilines is 1. The molecule has 27 heavy (non-hydrogen) atoms. The number of esters is 1. The number of hydrogen-bond acceptors (Lipinski definition) is 6. The van der Waals surface area contributed by atoms with Crippen LogP contribution in [0.1, 0.15) is 37.6 Å². The monoisotopic (exact) mass is 374 g/mol. The van der Waals surface area contributed by atoms with Gasteiger partial charge >= 0.3 is 18.2 Å². The lowest BCUT2D eigenvalue weighted by Gasteiger charge is -2.34. The Morgan fingerprint density at radius 2 is 1.89 bits per heavy atom. The van der Waals surface area contributed by atoms with E-state index >= 15 is 0 Å². The molecule has 2 aliphatic rings. The van der Waals surface area contributed by atoms with Gasteiger partial charge in [-0.3, -0.25) is 0 Å². The summed E-state index contributed by atoms with van der Waals surface area (Å²) < 4.78 is 15.5. The van der Waals surface area contributed by atoms with Crippen LogP contribution in [-0.4, -0.2) is 48.0 Å². The van der Waals surface area contributed by atoms with E-state index in [2.05, 4.69) is 4.74 Å². The summed E-state index contributed by atoms with van der Waals surface area (Å²) in [6.07, 6.45) is 2.53. The molecule has 3 rings (SSSR count). The van der Waals surface area contributed by atoms with E-state index < -0.39 is 29.9 Å². The molecular weight excluding hydrogens is 352 g/mol. The summed E-state index contributed by atoms with van der Waals surface area (Å²) in [5, 5.41) is 2.43. The van der Waals surface area contributed by atoms with Crippen molar-refractivity contribution in [2.75, 3.05) is 12.1 Å². The number of rotatable bonds is 3. The third-order valence-electron chi connectivity index (χ3n) is 4.14. The largest absolute Gasteiger partial charge is 0.465 e. The molecule has 0 aromatic heterocycles. The molecule has 8 nitrogen and oxygen atoms in total. The maximum atomic E-state index is 12.9. The van der Waals surface area contributed by atoms with Gasteiger partial charge in [-0.1, -0.05) is 6.08 Å². The van der Waals surface area contributed by atoms with E-state index in [0.29, 0.717) is 17.7 Å². The van der Waals surface area contributed by atoms with Gasteiger partial charge in [-0.2, -0.15) is 5.01 Å². The number of nitrogens with zero attached hydrogens (tertiary/aromatic N) is 2. The predicted octanol–water partition coefficient (Wildman–Crippen LogP) is 3.28. The zero-order valence-electron chi connectivity index (χ0n) is 15.7. The highest BCUT2D eigenvalue weighted by molar-refractivity contribution is 5.93. The smallest absolute Gasteiger partial charge is 0.434 e. The van der Waals surface area contributed by atoms with Crippen molar-refractivity contribution in [3.8, 4) is 0 Å². The number of amides is 2. The fourth-order valence-electron chi connectivity index (χ4n) is 2.99. The SMILES string of the molecule is COC(=O)c1ccc(N(C(=O)OC(C)(C)C)N2C(=O)O[C@@H]3C=CC[C@@H]32)cc1. The highest BCUT2D eigenvalue weighted by atomic mass is 16.6. The number of fused-ring (bicyclic) bond motifs is 1. The quantitative estimate of drug-likeness (QED) is 0.459. The van der Waals surface area contributed by atoms with Gasteiger partial charge in [-0.05, 0) is 57.5 Å². The van der Waals surface area contributed by atoms with E-state index in [9.17, 15) is 14.4 Å². The Balaban J connectivity index is 1.96. The van der Waals surface area contributed by atoms with Gasteiger partial charge in [-0.15, -0.1) is 0 Å². The molecule has 8 heteroatoms. The van der Waals surface area contributed by atoms with Crippen LogP contribution in [0.3, 0.4) is 0 Å². The minimum absolute atomic E-state index is 0.328. The van der Waals surface area contributed by atoms with E-state index in [-0.39, 0.29) is 6.04 Å². The first-order chi connectivity index (χ1) is 12.7. The molecule has 0 N–H and O–H groups in total. The summed E-state index contributed by atoms with van der Waals surface area (Å²) in [6.45, 7) is 5.23. The van der Waals surface area contributed by atoms with Gasteiger partial charge in [0.1, 0.15) is 17.7 Å². The van der Waals surface area contributed by atoms with Gasteiger partial charge in [0.2, 0.25) is 0 Å². The second kappa shape index (κ2) is 6.94. The molecule has 2 amide bonds. The van der Waals surface area contributed by atoms with Crippen LogP contribution >= 0.6 is 0 Å². The first kappa shape index (κ1) is 18.8. The van der Waals surface area contributed by atoms with Crippen LogP contribution in [-0.2, 0) is 14.2 Å². The highest BCUT2D eigenvalue weighted by Gasteiger charge is 2.48. The zero-order valence-corrected chi connectivity index (χ0v) is 15.7. The Labute approximate surface area is 157 Å². The van der Waals surface area contributed by atoms with Gasteiger partial charge in [0.25, 0.3) is 0 Å². The van der Waals surface area contributed by atoms with E-state index in [1.807, 2.05) is 6.08 Å². The molecule has 144 valence electrons. The van der Waals surface area contributed by atoms with Crippen molar-refractivity contribution in [1.29, 1.82) is 0 Å². The van der Waals surface area contributed by atoms with Crippen molar-refractivity contribution in [2.24, 2.45) is 0 Å². The number of carbonyl (C=O) groups excluding carboxylic acids is 3. The fraction of sp³-hybridized carbons (Fsp3) is 0.421. The van der Waals surface area contributed by atoms with Gasteiger partial charge in [-0.25, -0.2) is 19.4 Å². The molecule has 0 bridgehead atoms. The number of hydrogen-bond donors (Lipinski definition) is 0. The Bertz CT molecular complexity index is 780. The molecule has 0 radical (unpaired) electrons. The van der Waals surface area contributed by atoms with Crippen molar-refractivity contribution in [3.63, 3.8) is 0 Å². The molecule has 1 saturated heterocycles. The van der Waals surface area contributed by atoms with Crippen LogP contribution in [0.25, 0.3) is 0 Å². The van der Waals surface area contributed by atoms with Crippen LogP contribution in [0.5, 0.6) is 0 Å². The van der Waals surface area contributed by atoms with Crippen molar-refractivity contribution in [3.05, 3.63) is 42.0 Å². The number of benzene rings is 1. The number of carbonyl (C=O) groups is 3. The standard InChI is InChI=1S/C19H22N2O6/c1-19(2,3)27-18(24)20(13-10-8-12(9-11-13)16(22)25-4)21-14-6-5-7-15(14)26-17(21)23/h5,7-11,14-15H,6H2,1-4H3/t14-,15+/m0/s1. The van der Waals surface area contributed by atoms with Crippen LogP contribution in [0, 0.1) is 0 Å². The third kappa shape index (κ3) is 3.74. The molecule has 1 fully saturated rings. The lowest BCUT2D eigenvalue weighted by molar-refractivity contribution is 0.0472. The van der Waals surface area contributed by atoms with Crippen LogP contribution in [0.4, 0.5) is 15.3 Å². The zero-order chi connectivity index (χ0) is 19.8. The van der Waals surface area contributed by atoms with Gasteiger partial charge in [0, 0.05) is 0 Å². The van der Waals surface area contributed by atoms with E-state index in [1.165, 1.54) is 24.3 Å². The summed E-state index contributed by atoms with van der Waals surface area (Å²) in [5.41, 5.74) is -0.0469. The summed E-state index contributed by atoms with van der Waals surface area (Å²) in [6, 6.07) is 5.82. The maximum Gasteiger partial charge on any atom is 0.434 e. The maximum absolute atomic E-state index is 12.9. The Kier molecular flexibility index (Phi) is 4.82. The summed E-state index contributed by atoms with van der Waals surface area (Å²) >= 11 is 0. The minimum atomic E-state index is -0.752. The van der Waals surface area contributed by atoms with E-state index in [0.717, 1.165) is 5.01 Å². The Morgan fingerprint density at radius 3 is 2.48 bits per heavy atom. The van der Waals surface area contributed by atoms with Crippen molar-refractivity contribution in [2.45, 2.75) is 44.9 Å². The summed E-state index contributed by atoms with van der Waals surface area (Å²) in [4.78, 5) is 37.0. The molecule has 0 saturated carbocycles. The first-order valence-corrected chi connectivity index (χ1v) is 8.59. The predicted molar refractivity (Wildman–Crippen MR) is 96.1 cm³/mol. The Morgan fingerprint density at radius 1 is 1.22 bits per heavy atom. The van der Waals surface area contributed by atoms with Gasteiger partial charge in [0.15, 0.2) is 0 Å². The van der Waals surface area contributed by atoms with Gasteiger partial charge in [0.05, 0.1) is 18.4 Å². The van der Waals surface area contributed by atoms with Crippen LogP contribution < -0.4 is 5.01 Å². The lowest BCUT2D eigenvalue weighted by Crippen LogP contribution is -2.53. The average Bonchev–Trinajstić information content (AvgIpc) is 3.15. The first-order valence-electron chi connectivity index (χ1n) is 8.59. The fourth-order valence-corrected chi connectivity index (χ4v) is 2.99. The van der Waals surface area contributed by atoms with E-state index in [1.54, 1.807) is 39.0 Å². The second-order valence-electron chi connectivity index (χ2n) is 7.25. The normalized spacial score (nSPS) is 20.9. The molecule has 1 aromatic carbocycles. The highest BCUT2D eigenvalue weighted by Crippen LogP contribution is 2.33. The average molecular weight is 374 g/mol. The van der Waals surface area contributed by atoms with E-state index in [4.69, 9.17) is 9.47 Å². The molecule has 1 aromatic rings. The summed E-state index contributed by atoms with van der Waals surface area (Å²) in [5.74, 6) is -0.494. The van der Waals surface area contributed by atoms with Crippen molar-refractivity contribution in [1.82, 2.24) is 5.01 Å². The lowest BCUT2D eigenvalue weighted by atomic mass is 10.2. The topological polar surface area (TPSA) is 85.4 Å². The molecule has 0 spiro atoms. The van der Waals surface area contributed by atoms with Crippen LogP contribution in [0.15, 0.2) is 36.4 Å². The number of hydrazine groups is 1. The Hall–Kier alpha value is -3.03. The summed E-state index contributed by atoms with van der Waals surface area (Å²) in [7, 11) is 1.29. The van der Waals surface area contributed by atoms with Crippen molar-refractivity contribution >= 4 is 23.8 Å². The molecule has 1 heterocycles. The third-order valence-corrected chi connectivity index (χ3v) is 4.14. The molecule has 1 aliphatic carbocycles. The minimum Gasteiger partial charge on any atom is -0.465 e. The molecule has 1 aliphatic heterocycles.